The van der Waals surface area contributed by atoms with Crippen molar-refractivity contribution in [2.45, 2.75) is 11.6 Å². The molecular weight excluding hydrogens is 478 g/mol. The van der Waals surface area contributed by atoms with Crippen molar-refractivity contribution >= 4 is 28.4 Å². The molecule has 3 aromatic carbocycles. The van der Waals surface area contributed by atoms with Gasteiger partial charge in [0, 0.05) is 41.0 Å². The topological polar surface area (TPSA) is 92.3 Å². The maximum absolute atomic E-state index is 5.16. The molecule has 0 aliphatic carbocycles. The first kappa shape index (κ1) is 22.9. The fourth-order valence-corrected chi connectivity index (χ4v) is 5.14. The van der Waals surface area contributed by atoms with E-state index < -0.39 is 0 Å². The Kier molecular flexibility index (Phi) is 6.31. The Morgan fingerprint density at radius 3 is 2.38 bits per heavy atom. The summed E-state index contributed by atoms with van der Waals surface area (Å²) in [5.41, 5.74) is 6.22. The minimum Gasteiger partial charge on any atom is -0.365 e. The van der Waals surface area contributed by atoms with Crippen LogP contribution in [0.15, 0.2) is 102 Å². The lowest BCUT2D eigenvalue weighted by atomic mass is 9.94. The molecule has 0 fully saturated rings. The smallest absolute Gasteiger partial charge is 0.206 e. The molecule has 2 N–H and O–H groups in total. The van der Waals surface area contributed by atoms with E-state index in [0.717, 1.165) is 49.4 Å². The highest BCUT2D eigenvalue weighted by molar-refractivity contribution is 7.98. The number of hydrogen-bond donors (Lipinski definition) is 2. The van der Waals surface area contributed by atoms with E-state index >= 15 is 0 Å². The number of H-pyrrole nitrogens is 1. The summed E-state index contributed by atoms with van der Waals surface area (Å²) in [7, 11) is 0. The second-order valence-corrected chi connectivity index (χ2v) is 9.27. The summed E-state index contributed by atoms with van der Waals surface area (Å²) in [5, 5.41) is 21.2. The number of pyridine rings is 2. The fraction of sp³-hybridized carbons (Fsp3) is 0.0690. The van der Waals surface area contributed by atoms with Gasteiger partial charge < -0.3 is 5.32 Å². The highest BCUT2D eigenvalue weighted by Crippen LogP contribution is 2.42. The van der Waals surface area contributed by atoms with Gasteiger partial charge in [-0.2, -0.15) is 5.21 Å². The number of nitrogens with one attached hydrogen (secondary N) is 2. The van der Waals surface area contributed by atoms with Gasteiger partial charge in [0.05, 0.1) is 0 Å². The fourth-order valence-electron chi connectivity index (χ4n) is 4.52. The van der Waals surface area contributed by atoms with Crippen LogP contribution in [-0.2, 0) is 6.54 Å². The van der Waals surface area contributed by atoms with E-state index in [4.69, 9.17) is 4.98 Å². The summed E-state index contributed by atoms with van der Waals surface area (Å²) < 4.78 is 0. The number of nitrogens with zero attached hydrogens (tertiary/aromatic N) is 5. The van der Waals surface area contributed by atoms with Crippen LogP contribution < -0.4 is 5.32 Å². The number of fused-ring (bicyclic) bond motifs is 1. The van der Waals surface area contributed by atoms with Gasteiger partial charge in [0.2, 0.25) is 5.82 Å². The quantitative estimate of drug-likeness (QED) is 0.242. The van der Waals surface area contributed by atoms with Crippen molar-refractivity contribution in [3.8, 4) is 33.6 Å². The van der Waals surface area contributed by atoms with Gasteiger partial charge in [-0.25, -0.2) is 4.98 Å². The number of tetrazole rings is 1. The Labute approximate surface area is 218 Å². The predicted octanol–water partition coefficient (Wildman–Crippen LogP) is 6.48. The number of rotatable bonds is 7. The van der Waals surface area contributed by atoms with Crippen LogP contribution in [0.1, 0.15) is 5.56 Å². The summed E-state index contributed by atoms with van der Waals surface area (Å²) >= 11 is 1.62. The van der Waals surface area contributed by atoms with E-state index in [-0.39, 0.29) is 0 Å². The molecule has 0 bridgehead atoms. The number of aromatic amines is 1. The minimum atomic E-state index is 0.503. The van der Waals surface area contributed by atoms with Gasteiger partial charge in [-0.05, 0) is 39.6 Å². The number of benzene rings is 3. The summed E-state index contributed by atoms with van der Waals surface area (Å²) in [4.78, 5) is 9.67. The lowest BCUT2D eigenvalue weighted by Gasteiger charge is -2.19. The predicted molar refractivity (Wildman–Crippen MR) is 149 cm³/mol. The molecular formula is C29H23N7S. The van der Waals surface area contributed by atoms with E-state index in [9.17, 15) is 0 Å². The van der Waals surface area contributed by atoms with Gasteiger partial charge in [-0.15, -0.1) is 22.0 Å². The van der Waals surface area contributed by atoms with Crippen LogP contribution in [0.5, 0.6) is 0 Å². The molecule has 7 nitrogen and oxygen atoms in total. The van der Waals surface area contributed by atoms with Gasteiger partial charge in [-0.1, -0.05) is 78.9 Å². The molecule has 6 rings (SSSR count). The molecule has 3 heterocycles. The van der Waals surface area contributed by atoms with Crippen molar-refractivity contribution in [2.75, 3.05) is 11.6 Å². The molecule has 0 saturated carbocycles. The number of anilines is 1. The standard InChI is InChI=1S/C29H23N7S/c1-37-29-25(21-15-22(18-30-17-21)27-33-35-36-34-27)24-14-8-13-23(20-11-6-3-7-12-20)26(24)28(32-29)31-16-19-9-4-2-5-10-19/h2-15,17-18H,16H2,1H3,(H,31,32)(H,33,34,35,36). The molecule has 37 heavy (non-hydrogen) atoms. The van der Waals surface area contributed by atoms with Crippen molar-refractivity contribution in [3.05, 3.63) is 103 Å². The molecule has 0 saturated heterocycles. The third kappa shape index (κ3) is 4.54. The summed E-state index contributed by atoms with van der Waals surface area (Å²) in [6, 6.07) is 29.3. The van der Waals surface area contributed by atoms with Crippen molar-refractivity contribution < 1.29 is 0 Å². The number of aromatic nitrogens is 6. The molecule has 0 atom stereocenters. The Morgan fingerprint density at radius 2 is 1.62 bits per heavy atom. The van der Waals surface area contributed by atoms with Gasteiger partial charge in [-0.3, -0.25) is 4.98 Å². The average Bonchev–Trinajstić information content (AvgIpc) is 3.52. The van der Waals surface area contributed by atoms with Crippen molar-refractivity contribution in [1.82, 2.24) is 30.6 Å². The monoisotopic (exact) mass is 501 g/mol. The molecule has 6 aromatic rings. The zero-order valence-electron chi connectivity index (χ0n) is 20.1. The molecule has 0 aliphatic rings. The SMILES string of the molecule is CSc1nc(NCc2ccccc2)c2c(-c3ccccc3)cccc2c1-c1cncc(-c2nn[nH]n2)c1. The first-order chi connectivity index (χ1) is 18.3. The lowest BCUT2D eigenvalue weighted by Crippen LogP contribution is -2.05. The molecule has 8 heteroatoms. The van der Waals surface area contributed by atoms with Crippen molar-refractivity contribution in [2.24, 2.45) is 0 Å². The Morgan fingerprint density at radius 1 is 0.838 bits per heavy atom. The minimum absolute atomic E-state index is 0.503. The van der Waals surface area contributed by atoms with Crippen LogP contribution in [0, 0.1) is 0 Å². The van der Waals surface area contributed by atoms with E-state index in [2.05, 4.69) is 104 Å². The van der Waals surface area contributed by atoms with Crippen LogP contribution in [-0.4, -0.2) is 36.8 Å². The third-order valence-corrected chi connectivity index (χ3v) is 6.89. The van der Waals surface area contributed by atoms with E-state index in [1.165, 1.54) is 5.56 Å². The molecule has 0 aliphatic heterocycles. The molecule has 0 radical (unpaired) electrons. The van der Waals surface area contributed by atoms with Gasteiger partial charge >= 0.3 is 0 Å². The summed E-state index contributed by atoms with van der Waals surface area (Å²) in [5.74, 6) is 1.36. The Balaban J connectivity index is 1.58. The zero-order chi connectivity index (χ0) is 25.0. The number of thioether (sulfide) groups is 1. The van der Waals surface area contributed by atoms with Crippen molar-refractivity contribution in [3.63, 3.8) is 0 Å². The molecule has 0 amide bonds. The van der Waals surface area contributed by atoms with Crippen LogP contribution in [0.4, 0.5) is 5.82 Å². The maximum Gasteiger partial charge on any atom is 0.206 e. The Bertz CT molecular complexity index is 1650. The number of hydrogen-bond acceptors (Lipinski definition) is 7. The van der Waals surface area contributed by atoms with Gasteiger partial charge in [0.15, 0.2) is 0 Å². The van der Waals surface area contributed by atoms with E-state index in [1.807, 2.05) is 24.4 Å². The Hall–Kier alpha value is -4.56. The summed E-state index contributed by atoms with van der Waals surface area (Å²) in [6.07, 6.45) is 5.66. The molecule has 3 aromatic heterocycles. The largest absolute Gasteiger partial charge is 0.365 e. The van der Waals surface area contributed by atoms with Crippen molar-refractivity contribution in [1.29, 1.82) is 0 Å². The average molecular weight is 502 g/mol. The van der Waals surface area contributed by atoms with E-state index in [1.54, 1.807) is 18.0 Å². The normalized spacial score (nSPS) is 11.1. The van der Waals surface area contributed by atoms with Crippen LogP contribution in [0.2, 0.25) is 0 Å². The van der Waals surface area contributed by atoms with E-state index in [0.29, 0.717) is 12.4 Å². The molecule has 0 unspecified atom stereocenters. The highest BCUT2D eigenvalue weighted by Gasteiger charge is 2.19. The first-order valence-corrected chi connectivity index (χ1v) is 13.1. The zero-order valence-corrected chi connectivity index (χ0v) is 20.9. The lowest BCUT2D eigenvalue weighted by molar-refractivity contribution is 0.881. The van der Waals surface area contributed by atoms with Crippen LogP contribution >= 0.6 is 11.8 Å². The third-order valence-electron chi connectivity index (χ3n) is 6.21. The second-order valence-electron chi connectivity index (χ2n) is 8.48. The highest BCUT2D eigenvalue weighted by atomic mass is 32.2. The summed E-state index contributed by atoms with van der Waals surface area (Å²) in [6.45, 7) is 0.675. The molecule has 180 valence electrons. The first-order valence-electron chi connectivity index (χ1n) is 11.8. The molecule has 0 spiro atoms. The van der Waals surface area contributed by atoms with Crippen LogP contribution in [0.25, 0.3) is 44.4 Å². The maximum atomic E-state index is 5.16. The van der Waals surface area contributed by atoms with Gasteiger partial charge in [0.1, 0.15) is 10.8 Å². The van der Waals surface area contributed by atoms with Gasteiger partial charge in [0.25, 0.3) is 0 Å². The second kappa shape index (κ2) is 10.2. The van der Waals surface area contributed by atoms with Crippen LogP contribution in [0.3, 0.4) is 0 Å².